The van der Waals surface area contributed by atoms with Crippen LogP contribution < -0.4 is 0 Å². The lowest BCUT2D eigenvalue weighted by Gasteiger charge is -2.33. The normalized spacial score (nSPS) is 20.2. The van der Waals surface area contributed by atoms with Crippen molar-refractivity contribution in [3.63, 3.8) is 0 Å². The first-order valence-corrected chi connectivity index (χ1v) is 8.52. The minimum absolute atomic E-state index is 0.531. The Balaban J connectivity index is 2.05. The van der Waals surface area contributed by atoms with E-state index in [1.165, 1.54) is 30.5 Å². The summed E-state index contributed by atoms with van der Waals surface area (Å²) in [5.74, 6) is 1.78. The average Bonchev–Trinajstić information content (AvgIpc) is 2.85. The van der Waals surface area contributed by atoms with Gasteiger partial charge in [-0.15, -0.1) is 11.6 Å². The molecule has 0 spiro atoms. The first kappa shape index (κ1) is 14.9. The molecule has 1 atom stereocenters. The third-order valence-corrected chi connectivity index (χ3v) is 4.72. The van der Waals surface area contributed by atoms with Gasteiger partial charge >= 0.3 is 0 Å². The van der Waals surface area contributed by atoms with Crippen molar-refractivity contribution in [3.05, 3.63) is 29.6 Å². The summed E-state index contributed by atoms with van der Waals surface area (Å²) in [6.07, 6.45) is 3.35. The third kappa shape index (κ3) is 2.95. The first-order chi connectivity index (χ1) is 10.2. The van der Waals surface area contributed by atoms with Crippen LogP contribution in [0, 0.1) is 6.92 Å². The van der Waals surface area contributed by atoms with Gasteiger partial charge in [0.2, 0.25) is 0 Å². The van der Waals surface area contributed by atoms with Crippen molar-refractivity contribution in [1.82, 2.24) is 14.5 Å². The number of aromatic nitrogens is 2. The summed E-state index contributed by atoms with van der Waals surface area (Å²) in [6, 6.07) is 7.08. The molecule has 0 aliphatic carbocycles. The van der Waals surface area contributed by atoms with Gasteiger partial charge in [0.25, 0.3) is 0 Å². The van der Waals surface area contributed by atoms with Crippen molar-refractivity contribution in [3.8, 4) is 0 Å². The molecule has 1 fully saturated rings. The number of piperidine rings is 1. The maximum absolute atomic E-state index is 6.00. The van der Waals surface area contributed by atoms with Crippen LogP contribution in [0.3, 0.4) is 0 Å². The maximum atomic E-state index is 6.00. The minimum Gasteiger partial charge on any atom is -0.324 e. The van der Waals surface area contributed by atoms with Gasteiger partial charge in [0, 0.05) is 24.9 Å². The fourth-order valence-corrected chi connectivity index (χ4v) is 3.62. The van der Waals surface area contributed by atoms with Crippen molar-refractivity contribution in [1.29, 1.82) is 0 Å². The van der Waals surface area contributed by atoms with Gasteiger partial charge in [-0.3, -0.25) is 0 Å². The number of likely N-dealkylation sites (tertiary alicyclic amines) is 1. The van der Waals surface area contributed by atoms with Crippen molar-refractivity contribution in [2.45, 2.75) is 39.2 Å². The number of rotatable bonds is 4. The monoisotopic (exact) mass is 305 g/mol. The van der Waals surface area contributed by atoms with Crippen LogP contribution in [0.15, 0.2) is 18.2 Å². The van der Waals surface area contributed by atoms with Crippen LogP contribution in [0.2, 0.25) is 0 Å². The summed E-state index contributed by atoms with van der Waals surface area (Å²) in [5, 5.41) is 0. The lowest BCUT2D eigenvalue weighted by Crippen LogP contribution is -2.36. The molecule has 2 heterocycles. The number of fused-ring (bicyclic) bond motifs is 1. The molecule has 0 saturated carbocycles. The molecule has 0 amide bonds. The number of benzene rings is 1. The van der Waals surface area contributed by atoms with Gasteiger partial charge in [-0.2, -0.15) is 0 Å². The molecule has 21 heavy (non-hydrogen) atoms. The third-order valence-electron chi connectivity index (χ3n) is 4.53. The second kappa shape index (κ2) is 6.37. The molecule has 3 nitrogen and oxygen atoms in total. The van der Waals surface area contributed by atoms with Crippen LogP contribution >= 0.6 is 11.6 Å². The Morgan fingerprint density at radius 3 is 3.00 bits per heavy atom. The zero-order chi connectivity index (χ0) is 14.8. The number of hydrogen-bond acceptors (Lipinski definition) is 2. The number of halogens is 1. The SMILES string of the molecule is CCN1CCCC(n2c(CCCl)nc3ccc(C)cc32)C1. The van der Waals surface area contributed by atoms with Gasteiger partial charge in [0.05, 0.1) is 11.0 Å². The number of nitrogens with zero attached hydrogens (tertiary/aromatic N) is 3. The van der Waals surface area contributed by atoms with Gasteiger partial charge < -0.3 is 9.47 Å². The Labute approximate surface area is 131 Å². The molecule has 1 aliphatic rings. The largest absolute Gasteiger partial charge is 0.324 e. The Morgan fingerprint density at radius 1 is 1.38 bits per heavy atom. The highest BCUT2D eigenvalue weighted by molar-refractivity contribution is 6.17. The fourth-order valence-electron chi connectivity index (χ4n) is 3.45. The summed E-state index contributed by atoms with van der Waals surface area (Å²) in [7, 11) is 0. The van der Waals surface area contributed by atoms with E-state index in [2.05, 4.69) is 41.5 Å². The first-order valence-electron chi connectivity index (χ1n) is 7.98. The van der Waals surface area contributed by atoms with Crippen molar-refractivity contribution in [2.24, 2.45) is 0 Å². The molecule has 1 aromatic carbocycles. The summed E-state index contributed by atoms with van der Waals surface area (Å²) in [6.45, 7) is 7.89. The summed E-state index contributed by atoms with van der Waals surface area (Å²) >= 11 is 6.00. The highest BCUT2D eigenvalue weighted by Crippen LogP contribution is 2.28. The molecule has 0 N–H and O–H groups in total. The number of imidazole rings is 1. The van der Waals surface area contributed by atoms with Gasteiger partial charge in [-0.05, 0) is 50.6 Å². The second-order valence-electron chi connectivity index (χ2n) is 6.02. The molecule has 1 aromatic heterocycles. The quantitative estimate of drug-likeness (QED) is 0.802. The molecule has 114 valence electrons. The molecular weight excluding hydrogens is 282 g/mol. The lowest BCUT2D eigenvalue weighted by atomic mass is 10.0. The molecule has 1 aliphatic heterocycles. The van der Waals surface area contributed by atoms with E-state index >= 15 is 0 Å². The number of aryl methyl sites for hydroxylation is 2. The molecule has 0 radical (unpaired) electrons. The molecule has 1 unspecified atom stereocenters. The van der Waals surface area contributed by atoms with E-state index < -0.39 is 0 Å². The molecule has 1 saturated heterocycles. The molecule has 0 bridgehead atoms. The molecule has 4 heteroatoms. The summed E-state index contributed by atoms with van der Waals surface area (Å²) in [4.78, 5) is 7.37. The smallest absolute Gasteiger partial charge is 0.111 e. The highest BCUT2D eigenvalue weighted by atomic mass is 35.5. The molecule has 3 rings (SSSR count). The van der Waals surface area contributed by atoms with E-state index in [0.717, 1.165) is 30.9 Å². The highest BCUT2D eigenvalue weighted by Gasteiger charge is 2.24. The summed E-state index contributed by atoms with van der Waals surface area (Å²) < 4.78 is 2.46. The van der Waals surface area contributed by atoms with E-state index in [-0.39, 0.29) is 0 Å². The fraction of sp³-hybridized carbons (Fsp3) is 0.588. The number of hydrogen-bond donors (Lipinski definition) is 0. The predicted molar refractivity (Wildman–Crippen MR) is 89.3 cm³/mol. The minimum atomic E-state index is 0.531. The standard InChI is InChI=1S/C17H24ClN3/c1-3-20-10-4-5-14(12-20)21-16-11-13(2)6-7-15(16)19-17(21)8-9-18/h6-7,11,14H,3-5,8-10,12H2,1-2H3. The van der Waals surface area contributed by atoms with E-state index in [1.54, 1.807) is 0 Å². The Hall–Kier alpha value is -1.06. The summed E-state index contributed by atoms with van der Waals surface area (Å²) in [5.41, 5.74) is 3.68. The Morgan fingerprint density at radius 2 is 2.24 bits per heavy atom. The van der Waals surface area contributed by atoms with Crippen molar-refractivity contribution < 1.29 is 0 Å². The van der Waals surface area contributed by atoms with Gasteiger partial charge in [0.15, 0.2) is 0 Å². The zero-order valence-corrected chi connectivity index (χ0v) is 13.7. The second-order valence-corrected chi connectivity index (χ2v) is 6.40. The van der Waals surface area contributed by atoms with E-state index in [9.17, 15) is 0 Å². The van der Waals surface area contributed by atoms with Gasteiger partial charge in [0.1, 0.15) is 5.82 Å². The molecule has 2 aromatic rings. The van der Waals surface area contributed by atoms with Crippen LogP contribution in [0.1, 0.15) is 37.2 Å². The van der Waals surface area contributed by atoms with E-state index in [4.69, 9.17) is 16.6 Å². The lowest BCUT2D eigenvalue weighted by molar-refractivity contribution is 0.186. The predicted octanol–water partition coefficient (Wildman–Crippen LogP) is 3.78. The van der Waals surface area contributed by atoms with Crippen molar-refractivity contribution >= 4 is 22.6 Å². The Kier molecular flexibility index (Phi) is 4.51. The van der Waals surface area contributed by atoms with Crippen LogP contribution in [0.25, 0.3) is 11.0 Å². The Bertz CT molecular complexity index is 620. The van der Waals surface area contributed by atoms with Crippen LogP contribution in [0.4, 0.5) is 0 Å². The van der Waals surface area contributed by atoms with Crippen LogP contribution in [-0.2, 0) is 6.42 Å². The topological polar surface area (TPSA) is 21.1 Å². The average molecular weight is 306 g/mol. The molecular formula is C17H24ClN3. The number of likely N-dealkylation sites (N-methyl/N-ethyl adjacent to an activating group) is 1. The zero-order valence-electron chi connectivity index (χ0n) is 13.0. The van der Waals surface area contributed by atoms with Gasteiger partial charge in [-0.25, -0.2) is 4.98 Å². The van der Waals surface area contributed by atoms with Crippen molar-refractivity contribution in [2.75, 3.05) is 25.5 Å². The number of alkyl halides is 1. The van der Waals surface area contributed by atoms with E-state index in [1.807, 2.05) is 0 Å². The maximum Gasteiger partial charge on any atom is 0.111 e. The van der Waals surface area contributed by atoms with Crippen LogP contribution in [-0.4, -0.2) is 40.0 Å². The van der Waals surface area contributed by atoms with Crippen LogP contribution in [0.5, 0.6) is 0 Å². The van der Waals surface area contributed by atoms with E-state index in [0.29, 0.717) is 11.9 Å². The van der Waals surface area contributed by atoms with Gasteiger partial charge in [-0.1, -0.05) is 13.0 Å².